The van der Waals surface area contributed by atoms with E-state index < -0.39 is 7.26 Å². The molecule has 2 atom stereocenters. The minimum absolute atomic E-state index is 0.0741. The smallest absolute Gasteiger partial charge is 0.167 e. The molecule has 0 radical (unpaired) electrons. The van der Waals surface area contributed by atoms with Crippen LogP contribution in [0, 0.1) is 0 Å². The maximum Gasteiger partial charge on any atom is 0.167 e. The Hall–Kier alpha value is 0.350. The van der Waals surface area contributed by atoms with Crippen molar-refractivity contribution < 1.29 is 9.47 Å². The van der Waals surface area contributed by atoms with Crippen LogP contribution in [0.2, 0.25) is 0 Å². The average Bonchev–Trinajstić information content (AvgIpc) is 2.29. The van der Waals surface area contributed by atoms with Gasteiger partial charge in [-0.2, -0.15) is 0 Å². The molecule has 0 aliphatic rings. The van der Waals surface area contributed by atoms with E-state index in [1.165, 1.54) is 37.7 Å². The van der Waals surface area contributed by atoms with Gasteiger partial charge in [0.2, 0.25) is 0 Å². The summed E-state index contributed by atoms with van der Waals surface area (Å²) in [5.74, 6) is 0.386. The molecule has 17 heavy (non-hydrogen) atoms. The van der Waals surface area contributed by atoms with Gasteiger partial charge >= 0.3 is 0 Å². The highest BCUT2D eigenvalue weighted by molar-refractivity contribution is 7.76. The van der Waals surface area contributed by atoms with Gasteiger partial charge in [-0.25, -0.2) is 0 Å². The van der Waals surface area contributed by atoms with E-state index >= 15 is 0 Å². The molecule has 0 N–H and O–H groups in total. The Morgan fingerprint density at radius 1 is 0.882 bits per heavy atom. The van der Waals surface area contributed by atoms with Crippen LogP contribution in [0.4, 0.5) is 0 Å². The van der Waals surface area contributed by atoms with Crippen molar-refractivity contribution in [3.63, 3.8) is 0 Å². The maximum atomic E-state index is 6.05. The van der Waals surface area contributed by atoms with E-state index in [0.717, 1.165) is 0 Å². The lowest BCUT2D eigenvalue weighted by Crippen LogP contribution is -2.26. The quantitative estimate of drug-likeness (QED) is 0.424. The zero-order valence-electron chi connectivity index (χ0n) is 12.7. The molecule has 0 aromatic rings. The SMILES string of the molecule is CCC[P+](CCC)(CCC)C(C)OC(C)OC. The van der Waals surface area contributed by atoms with Crippen molar-refractivity contribution in [1.29, 1.82) is 0 Å². The summed E-state index contributed by atoms with van der Waals surface area (Å²) in [4.78, 5) is 0. The lowest BCUT2D eigenvalue weighted by Gasteiger charge is -2.33. The number of hydrogen-bond acceptors (Lipinski definition) is 2. The maximum absolute atomic E-state index is 6.05. The Morgan fingerprint density at radius 3 is 1.59 bits per heavy atom. The third kappa shape index (κ3) is 5.68. The Bertz CT molecular complexity index is 168. The molecule has 0 aromatic carbocycles. The third-order valence-corrected chi connectivity index (χ3v) is 9.18. The van der Waals surface area contributed by atoms with Crippen LogP contribution in [0.15, 0.2) is 0 Å². The second-order valence-corrected chi connectivity index (χ2v) is 9.43. The summed E-state index contributed by atoms with van der Waals surface area (Å²) in [7, 11) is 0.763. The molecule has 2 nitrogen and oxygen atoms in total. The predicted octanol–water partition coefficient (Wildman–Crippen LogP) is 4.59. The van der Waals surface area contributed by atoms with Crippen LogP contribution in [0.1, 0.15) is 53.9 Å². The van der Waals surface area contributed by atoms with Gasteiger partial charge in [-0.3, -0.25) is 0 Å². The Labute approximate surface area is 109 Å². The molecule has 0 saturated heterocycles. The summed E-state index contributed by atoms with van der Waals surface area (Å²) in [5, 5.41) is 0. The van der Waals surface area contributed by atoms with Gasteiger partial charge in [0.25, 0.3) is 0 Å². The van der Waals surface area contributed by atoms with E-state index in [0.29, 0.717) is 5.85 Å². The summed E-state index contributed by atoms with van der Waals surface area (Å²) in [6.07, 6.45) is 7.87. The van der Waals surface area contributed by atoms with E-state index in [9.17, 15) is 0 Å². The topological polar surface area (TPSA) is 18.5 Å². The summed E-state index contributed by atoms with van der Waals surface area (Å²) in [6.45, 7) is 11.2. The number of hydrogen-bond donors (Lipinski definition) is 0. The van der Waals surface area contributed by atoms with Crippen LogP contribution in [0.25, 0.3) is 0 Å². The molecular formula is C14H32O2P+. The highest BCUT2D eigenvalue weighted by atomic mass is 31.2. The lowest BCUT2D eigenvalue weighted by atomic mass is 10.6. The predicted molar refractivity (Wildman–Crippen MR) is 79.4 cm³/mol. The first-order valence-corrected chi connectivity index (χ1v) is 9.51. The second kappa shape index (κ2) is 9.30. The van der Waals surface area contributed by atoms with Gasteiger partial charge in [-0.1, -0.05) is 20.8 Å². The molecule has 0 aliphatic heterocycles. The fourth-order valence-electron chi connectivity index (χ4n) is 2.68. The summed E-state index contributed by atoms with van der Waals surface area (Å²) >= 11 is 0. The molecule has 0 aromatic heterocycles. The van der Waals surface area contributed by atoms with E-state index in [-0.39, 0.29) is 6.29 Å². The number of ether oxygens (including phenoxy) is 2. The zero-order chi connectivity index (χ0) is 13.3. The molecular weight excluding hydrogens is 231 g/mol. The summed E-state index contributed by atoms with van der Waals surface area (Å²) in [5.41, 5.74) is 0. The molecule has 0 aliphatic carbocycles. The van der Waals surface area contributed by atoms with Gasteiger partial charge < -0.3 is 9.47 Å². The molecule has 0 heterocycles. The molecule has 0 spiro atoms. The second-order valence-electron chi connectivity index (χ2n) is 4.93. The largest absolute Gasteiger partial charge is 0.356 e. The van der Waals surface area contributed by atoms with Crippen molar-refractivity contribution in [1.82, 2.24) is 0 Å². The number of rotatable bonds is 10. The molecule has 2 unspecified atom stereocenters. The molecule has 0 bridgehead atoms. The van der Waals surface area contributed by atoms with Crippen molar-refractivity contribution in [2.45, 2.75) is 66.0 Å². The monoisotopic (exact) mass is 263 g/mol. The Balaban J connectivity index is 4.70. The van der Waals surface area contributed by atoms with Gasteiger partial charge in [0, 0.05) is 14.4 Å². The first kappa shape index (κ1) is 17.4. The normalized spacial score (nSPS) is 15.9. The van der Waals surface area contributed by atoms with E-state index in [1.54, 1.807) is 7.11 Å². The molecule has 0 saturated carbocycles. The summed E-state index contributed by atoms with van der Waals surface area (Å²) in [6, 6.07) is 0. The highest BCUT2D eigenvalue weighted by Gasteiger charge is 2.42. The molecule has 0 rings (SSSR count). The van der Waals surface area contributed by atoms with Crippen LogP contribution in [-0.2, 0) is 9.47 Å². The first-order valence-electron chi connectivity index (χ1n) is 7.10. The fraction of sp³-hybridized carbons (Fsp3) is 1.00. The van der Waals surface area contributed by atoms with Crippen LogP contribution < -0.4 is 0 Å². The van der Waals surface area contributed by atoms with Gasteiger partial charge in [0.15, 0.2) is 12.1 Å². The van der Waals surface area contributed by atoms with Gasteiger partial charge in [-0.05, 0) is 33.1 Å². The van der Waals surface area contributed by atoms with Crippen molar-refractivity contribution in [2.24, 2.45) is 0 Å². The Morgan fingerprint density at radius 2 is 1.29 bits per heavy atom. The average molecular weight is 263 g/mol. The molecule has 104 valence electrons. The van der Waals surface area contributed by atoms with Crippen LogP contribution in [0.5, 0.6) is 0 Å². The molecule has 3 heteroatoms. The minimum atomic E-state index is -0.956. The van der Waals surface area contributed by atoms with Crippen molar-refractivity contribution in [2.75, 3.05) is 25.6 Å². The van der Waals surface area contributed by atoms with Crippen molar-refractivity contribution in [3.05, 3.63) is 0 Å². The van der Waals surface area contributed by atoms with Crippen LogP contribution >= 0.6 is 7.26 Å². The van der Waals surface area contributed by atoms with Crippen LogP contribution in [-0.4, -0.2) is 37.7 Å². The third-order valence-electron chi connectivity index (χ3n) is 3.50. The van der Waals surface area contributed by atoms with E-state index in [1.807, 2.05) is 6.92 Å². The Kier molecular flexibility index (Phi) is 9.49. The zero-order valence-corrected chi connectivity index (χ0v) is 13.6. The van der Waals surface area contributed by atoms with Crippen molar-refractivity contribution in [3.8, 4) is 0 Å². The fourth-order valence-corrected chi connectivity index (χ4v) is 7.54. The van der Waals surface area contributed by atoms with Crippen molar-refractivity contribution >= 4 is 7.26 Å². The molecule has 0 amide bonds. The molecule has 0 fully saturated rings. The van der Waals surface area contributed by atoms with E-state index in [2.05, 4.69) is 27.7 Å². The summed E-state index contributed by atoms with van der Waals surface area (Å²) < 4.78 is 11.3. The van der Waals surface area contributed by atoms with Gasteiger partial charge in [-0.15, -0.1) is 0 Å². The van der Waals surface area contributed by atoms with E-state index in [4.69, 9.17) is 9.47 Å². The minimum Gasteiger partial charge on any atom is -0.356 e. The first-order chi connectivity index (χ1) is 8.06. The van der Waals surface area contributed by atoms with Gasteiger partial charge in [0.05, 0.1) is 18.5 Å². The highest BCUT2D eigenvalue weighted by Crippen LogP contribution is 2.64. The van der Waals surface area contributed by atoms with Crippen LogP contribution in [0.3, 0.4) is 0 Å². The van der Waals surface area contributed by atoms with Gasteiger partial charge in [0.1, 0.15) is 0 Å². The standard InChI is InChI=1S/C14H32O2P/c1-7-10-17(11-8-2,12-9-3)14(5)16-13(4)15-6/h13-14H,7-12H2,1-6H3/q+1. The number of methoxy groups -OCH3 is 1. The lowest BCUT2D eigenvalue weighted by molar-refractivity contribution is -0.118.